The summed E-state index contributed by atoms with van der Waals surface area (Å²) in [7, 11) is 3.48. The Balaban J connectivity index is 2.47. The van der Waals surface area contributed by atoms with Gasteiger partial charge in [0.15, 0.2) is 0 Å². The van der Waals surface area contributed by atoms with Crippen LogP contribution in [-0.4, -0.2) is 34.0 Å². The van der Waals surface area contributed by atoms with Gasteiger partial charge in [-0.25, -0.2) is 4.79 Å². The van der Waals surface area contributed by atoms with Crippen molar-refractivity contribution in [1.82, 2.24) is 14.0 Å². The molecule has 0 radical (unpaired) electrons. The summed E-state index contributed by atoms with van der Waals surface area (Å²) >= 11 is 0. The molecule has 0 atom stereocenters. The van der Waals surface area contributed by atoms with Gasteiger partial charge in [-0.15, -0.1) is 0 Å². The predicted octanol–water partition coefficient (Wildman–Crippen LogP) is 0.928. The normalized spacial score (nSPS) is 10.5. The van der Waals surface area contributed by atoms with Crippen molar-refractivity contribution in [3.05, 3.63) is 22.9 Å². The second-order valence-electron chi connectivity index (χ2n) is 4.36. The Labute approximate surface area is 102 Å². The standard InChI is InChI=1S/C12H21N3O2/c1-4-7-14-9-10-15(12(14)17)8-5-6-11(16)13(2)3/h9-10H,4-8H2,1-3H3. The zero-order chi connectivity index (χ0) is 12.8. The predicted molar refractivity (Wildman–Crippen MR) is 66.9 cm³/mol. The number of imidazole rings is 1. The fourth-order valence-electron chi connectivity index (χ4n) is 1.66. The summed E-state index contributed by atoms with van der Waals surface area (Å²) < 4.78 is 3.37. The van der Waals surface area contributed by atoms with Crippen LogP contribution in [0.3, 0.4) is 0 Å². The molecule has 0 unspecified atom stereocenters. The maximum atomic E-state index is 11.8. The lowest BCUT2D eigenvalue weighted by Gasteiger charge is -2.09. The van der Waals surface area contributed by atoms with Gasteiger partial charge >= 0.3 is 5.69 Å². The van der Waals surface area contributed by atoms with Crippen LogP contribution in [0.5, 0.6) is 0 Å². The van der Waals surface area contributed by atoms with Gasteiger partial charge in [0, 0.05) is 46.0 Å². The monoisotopic (exact) mass is 239 g/mol. The number of aryl methyl sites for hydroxylation is 2. The minimum atomic E-state index is 0.0177. The summed E-state index contributed by atoms with van der Waals surface area (Å²) in [4.78, 5) is 24.7. The van der Waals surface area contributed by atoms with E-state index in [2.05, 4.69) is 0 Å². The van der Waals surface area contributed by atoms with E-state index in [4.69, 9.17) is 0 Å². The van der Waals surface area contributed by atoms with E-state index in [0.29, 0.717) is 19.4 Å². The van der Waals surface area contributed by atoms with Crippen molar-refractivity contribution in [1.29, 1.82) is 0 Å². The number of hydrogen-bond donors (Lipinski definition) is 0. The molecule has 5 nitrogen and oxygen atoms in total. The molecule has 0 spiro atoms. The van der Waals surface area contributed by atoms with Crippen molar-refractivity contribution in [3.8, 4) is 0 Å². The third-order valence-electron chi connectivity index (χ3n) is 2.67. The summed E-state index contributed by atoms with van der Waals surface area (Å²) in [6.45, 7) is 3.40. The van der Waals surface area contributed by atoms with Crippen molar-refractivity contribution < 1.29 is 4.79 Å². The number of aromatic nitrogens is 2. The molecule has 0 saturated heterocycles. The molecular formula is C12H21N3O2. The molecule has 0 N–H and O–H groups in total. The zero-order valence-electron chi connectivity index (χ0n) is 10.8. The van der Waals surface area contributed by atoms with Crippen molar-refractivity contribution >= 4 is 5.91 Å². The van der Waals surface area contributed by atoms with Gasteiger partial charge in [-0.05, 0) is 12.8 Å². The number of nitrogens with zero attached hydrogens (tertiary/aromatic N) is 3. The highest BCUT2D eigenvalue weighted by Gasteiger charge is 2.05. The van der Waals surface area contributed by atoms with Crippen molar-refractivity contribution in [3.63, 3.8) is 0 Å². The molecule has 1 aromatic rings. The van der Waals surface area contributed by atoms with E-state index in [1.54, 1.807) is 40.5 Å². The lowest BCUT2D eigenvalue weighted by atomic mass is 10.3. The van der Waals surface area contributed by atoms with Gasteiger partial charge in [-0.3, -0.25) is 13.9 Å². The van der Waals surface area contributed by atoms with Crippen LogP contribution in [-0.2, 0) is 17.9 Å². The largest absolute Gasteiger partial charge is 0.349 e. The molecule has 0 fully saturated rings. The number of carbonyl (C=O) groups is 1. The maximum absolute atomic E-state index is 11.8. The third kappa shape index (κ3) is 3.76. The smallest absolute Gasteiger partial charge is 0.328 e. The van der Waals surface area contributed by atoms with Gasteiger partial charge in [-0.1, -0.05) is 6.92 Å². The van der Waals surface area contributed by atoms with Gasteiger partial charge < -0.3 is 4.90 Å². The molecule has 0 aliphatic rings. The van der Waals surface area contributed by atoms with Gasteiger partial charge in [0.2, 0.25) is 5.91 Å². The first-order valence-electron chi connectivity index (χ1n) is 6.02. The second-order valence-corrected chi connectivity index (χ2v) is 4.36. The molecule has 0 bridgehead atoms. The van der Waals surface area contributed by atoms with E-state index in [-0.39, 0.29) is 11.6 Å². The van der Waals surface area contributed by atoms with Crippen LogP contribution in [0, 0.1) is 0 Å². The highest BCUT2D eigenvalue weighted by Crippen LogP contribution is 1.97. The summed E-state index contributed by atoms with van der Waals surface area (Å²) in [6.07, 6.45) is 5.73. The van der Waals surface area contributed by atoms with Crippen LogP contribution in [0.25, 0.3) is 0 Å². The van der Waals surface area contributed by atoms with Crippen LogP contribution in [0.2, 0.25) is 0 Å². The van der Waals surface area contributed by atoms with Gasteiger partial charge in [0.25, 0.3) is 0 Å². The van der Waals surface area contributed by atoms with Crippen LogP contribution in [0.4, 0.5) is 0 Å². The Morgan fingerprint density at radius 2 is 1.82 bits per heavy atom. The first-order chi connectivity index (χ1) is 8.06. The lowest BCUT2D eigenvalue weighted by Crippen LogP contribution is -2.25. The first-order valence-corrected chi connectivity index (χ1v) is 6.02. The Hall–Kier alpha value is -1.52. The molecule has 5 heteroatoms. The molecule has 1 amide bonds. The first kappa shape index (κ1) is 13.5. The van der Waals surface area contributed by atoms with E-state index in [1.165, 1.54) is 0 Å². The molecule has 0 saturated carbocycles. The summed E-state index contributed by atoms with van der Waals surface area (Å²) in [5.74, 6) is 0.103. The molecular weight excluding hydrogens is 218 g/mol. The van der Waals surface area contributed by atoms with E-state index in [0.717, 1.165) is 13.0 Å². The summed E-state index contributed by atoms with van der Waals surface area (Å²) in [6, 6.07) is 0. The highest BCUT2D eigenvalue weighted by atomic mass is 16.2. The highest BCUT2D eigenvalue weighted by molar-refractivity contribution is 5.75. The lowest BCUT2D eigenvalue weighted by molar-refractivity contribution is -0.128. The maximum Gasteiger partial charge on any atom is 0.328 e. The van der Waals surface area contributed by atoms with Gasteiger partial charge in [0.05, 0.1) is 0 Å². The minimum Gasteiger partial charge on any atom is -0.349 e. The van der Waals surface area contributed by atoms with Crippen molar-refractivity contribution in [2.75, 3.05) is 14.1 Å². The van der Waals surface area contributed by atoms with Gasteiger partial charge in [-0.2, -0.15) is 0 Å². The topological polar surface area (TPSA) is 47.2 Å². The Kier molecular flexibility index (Phi) is 5.00. The minimum absolute atomic E-state index is 0.0177. The molecule has 0 aromatic carbocycles. The molecule has 1 aromatic heterocycles. The summed E-state index contributed by atoms with van der Waals surface area (Å²) in [5, 5.41) is 0. The Morgan fingerprint density at radius 1 is 1.24 bits per heavy atom. The Bertz CT molecular complexity index is 418. The average Bonchev–Trinajstić information content (AvgIpc) is 2.62. The van der Waals surface area contributed by atoms with Crippen molar-refractivity contribution in [2.45, 2.75) is 39.3 Å². The van der Waals surface area contributed by atoms with Crippen molar-refractivity contribution in [2.24, 2.45) is 0 Å². The number of amides is 1. The number of rotatable bonds is 6. The number of hydrogen-bond acceptors (Lipinski definition) is 2. The van der Waals surface area contributed by atoms with Crippen LogP contribution < -0.4 is 5.69 Å². The van der Waals surface area contributed by atoms with Crippen LogP contribution >= 0.6 is 0 Å². The van der Waals surface area contributed by atoms with Crippen LogP contribution in [0.1, 0.15) is 26.2 Å². The number of carbonyl (C=O) groups excluding carboxylic acids is 1. The zero-order valence-corrected chi connectivity index (χ0v) is 10.8. The SMILES string of the molecule is CCCn1ccn(CCCC(=O)N(C)C)c1=O. The Morgan fingerprint density at radius 3 is 2.35 bits per heavy atom. The fraction of sp³-hybridized carbons (Fsp3) is 0.667. The van der Waals surface area contributed by atoms with E-state index < -0.39 is 0 Å². The van der Waals surface area contributed by atoms with Gasteiger partial charge in [0.1, 0.15) is 0 Å². The van der Waals surface area contributed by atoms with Crippen LogP contribution in [0.15, 0.2) is 17.2 Å². The molecule has 17 heavy (non-hydrogen) atoms. The van der Waals surface area contributed by atoms with E-state index >= 15 is 0 Å². The quantitative estimate of drug-likeness (QED) is 0.741. The second kappa shape index (κ2) is 6.27. The van der Waals surface area contributed by atoms with E-state index in [1.807, 2.05) is 6.92 Å². The third-order valence-corrected chi connectivity index (χ3v) is 2.67. The molecule has 0 aliphatic heterocycles. The summed E-state index contributed by atoms with van der Waals surface area (Å²) in [5.41, 5.74) is 0.0177. The molecule has 96 valence electrons. The fourth-order valence-corrected chi connectivity index (χ4v) is 1.66. The molecule has 1 heterocycles. The molecule has 1 rings (SSSR count). The van der Waals surface area contributed by atoms with E-state index in [9.17, 15) is 9.59 Å². The average molecular weight is 239 g/mol. The molecule has 0 aliphatic carbocycles.